The molecule has 1 N–H and O–H groups in total. The van der Waals surface area contributed by atoms with E-state index in [2.05, 4.69) is 5.10 Å². The minimum absolute atomic E-state index is 0.0563. The normalized spacial score (nSPS) is 10.0. The maximum atomic E-state index is 11.5. The maximum absolute atomic E-state index is 11.5. The van der Waals surface area contributed by atoms with Crippen molar-refractivity contribution in [2.24, 2.45) is 0 Å². The van der Waals surface area contributed by atoms with E-state index >= 15 is 0 Å². The lowest BCUT2D eigenvalue weighted by molar-refractivity contribution is 0.0518. The predicted octanol–water partition coefficient (Wildman–Crippen LogP) is 1.69. The number of ether oxygens (including phenoxy) is 1. The molecule has 0 atom stereocenters. The number of rotatable bonds is 4. The smallest absolute Gasteiger partial charge is 0.358 e. The molecule has 0 bridgehead atoms. The molecule has 0 saturated heterocycles. The Hall–Kier alpha value is -2.81. The van der Waals surface area contributed by atoms with Crippen molar-refractivity contribution >= 4 is 5.97 Å². The highest BCUT2D eigenvalue weighted by molar-refractivity contribution is 5.87. The molecule has 0 aliphatic rings. The zero-order valence-corrected chi connectivity index (χ0v) is 10.9. The first kappa shape index (κ1) is 13.6. The second-order valence-corrected chi connectivity index (χ2v) is 4.08. The fourth-order valence-electron chi connectivity index (χ4n) is 1.74. The van der Waals surface area contributed by atoms with Gasteiger partial charge in [-0.3, -0.25) is 0 Å². The van der Waals surface area contributed by atoms with Crippen LogP contribution in [0.1, 0.15) is 28.5 Å². The van der Waals surface area contributed by atoms with Gasteiger partial charge in [0.1, 0.15) is 0 Å². The third kappa shape index (κ3) is 2.95. The van der Waals surface area contributed by atoms with Crippen LogP contribution in [0.5, 0.6) is 5.88 Å². The molecule has 2 rings (SSSR count). The minimum atomic E-state index is -0.577. The van der Waals surface area contributed by atoms with Gasteiger partial charge in [0.05, 0.1) is 24.8 Å². The zero-order valence-electron chi connectivity index (χ0n) is 10.9. The van der Waals surface area contributed by atoms with Crippen molar-refractivity contribution in [3.63, 3.8) is 0 Å². The molecular weight excluding hydrogens is 258 g/mol. The molecule has 0 aliphatic heterocycles. The molecule has 20 heavy (non-hydrogen) atoms. The zero-order chi connectivity index (χ0) is 14.5. The Morgan fingerprint density at radius 2 is 2.30 bits per heavy atom. The number of aromatic nitrogens is 2. The van der Waals surface area contributed by atoms with Crippen molar-refractivity contribution in [1.29, 1.82) is 5.26 Å². The summed E-state index contributed by atoms with van der Waals surface area (Å²) >= 11 is 0. The lowest BCUT2D eigenvalue weighted by atomic mass is 10.1. The number of nitriles is 1. The highest BCUT2D eigenvalue weighted by atomic mass is 16.5. The number of carbonyl (C=O) groups excluding carboxylic acids is 1. The summed E-state index contributed by atoms with van der Waals surface area (Å²) in [5.74, 6) is -0.706. The third-order valence-corrected chi connectivity index (χ3v) is 2.63. The van der Waals surface area contributed by atoms with Gasteiger partial charge in [-0.25, -0.2) is 9.48 Å². The van der Waals surface area contributed by atoms with Gasteiger partial charge < -0.3 is 9.84 Å². The molecule has 102 valence electrons. The van der Waals surface area contributed by atoms with Gasteiger partial charge in [-0.1, -0.05) is 12.1 Å². The monoisotopic (exact) mass is 271 g/mol. The second-order valence-electron chi connectivity index (χ2n) is 4.08. The Balaban J connectivity index is 2.21. The van der Waals surface area contributed by atoms with E-state index in [0.717, 1.165) is 5.56 Å². The van der Waals surface area contributed by atoms with Gasteiger partial charge in [-0.2, -0.15) is 10.4 Å². The molecule has 1 heterocycles. The van der Waals surface area contributed by atoms with Crippen molar-refractivity contribution in [3.8, 4) is 11.9 Å². The summed E-state index contributed by atoms with van der Waals surface area (Å²) in [7, 11) is 0. The fourth-order valence-corrected chi connectivity index (χ4v) is 1.74. The molecule has 1 aromatic carbocycles. The highest BCUT2D eigenvalue weighted by Crippen LogP contribution is 2.15. The number of carbonyl (C=O) groups is 1. The Kier molecular flexibility index (Phi) is 4.01. The molecule has 1 aromatic heterocycles. The first-order valence-electron chi connectivity index (χ1n) is 6.07. The summed E-state index contributed by atoms with van der Waals surface area (Å²) in [6.45, 7) is 2.21. The van der Waals surface area contributed by atoms with Crippen LogP contribution in [0.2, 0.25) is 0 Å². The van der Waals surface area contributed by atoms with Crippen LogP contribution < -0.4 is 0 Å². The first-order valence-corrected chi connectivity index (χ1v) is 6.07. The van der Waals surface area contributed by atoms with E-state index < -0.39 is 5.97 Å². The van der Waals surface area contributed by atoms with Gasteiger partial charge >= 0.3 is 5.97 Å². The van der Waals surface area contributed by atoms with Gasteiger partial charge in [0.15, 0.2) is 5.69 Å². The number of benzene rings is 1. The molecule has 0 amide bonds. The summed E-state index contributed by atoms with van der Waals surface area (Å²) in [6, 6.07) is 10.3. The maximum Gasteiger partial charge on any atom is 0.358 e. The molecular formula is C14H13N3O3. The van der Waals surface area contributed by atoms with Gasteiger partial charge in [0.2, 0.25) is 5.88 Å². The quantitative estimate of drug-likeness (QED) is 0.855. The third-order valence-electron chi connectivity index (χ3n) is 2.63. The number of hydrogen-bond acceptors (Lipinski definition) is 5. The number of hydrogen-bond donors (Lipinski definition) is 1. The van der Waals surface area contributed by atoms with Crippen molar-refractivity contribution in [2.75, 3.05) is 6.61 Å². The molecule has 2 aromatic rings. The number of nitrogens with zero attached hydrogens (tertiary/aromatic N) is 3. The van der Waals surface area contributed by atoms with E-state index in [9.17, 15) is 9.90 Å². The van der Waals surface area contributed by atoms with Gasteiger partial charge in [0.25, 0.3) is 0 Å². The largest absolute Gasteiger partial charge is 0.493 e. The molecule has 0 aliphatic carbocycles. The highest BCUT2D eigenvalue weighted by Gasteiger charge is 2.14. The number of aromatic hydroxyl groups is 1. The molecule has 0 unspecified atom stereocenters. The van der Waals surface area contributed by atoms with Crippen LogP contribution in [0, 0.1) is 11.3 Å². The summed E-state index contributed by atoms with van der Waals surface area (Å²) < 4.78 is 6.09. The fraction of sp³-hybridized carbons (Fsp3) is 0.214. The van der Waals surface area contributed by atoms with Crippen LogP contribution in [0.25, 0.3) is 0 Å². The van der Waals surface area contributed by atoms with Crippen LogP contribution in [0.3, 0.4) is 0 Å². The Morgan fingerprint density at radius 3 is 3.00 bits per heavy atom. The van der Waals surface area contributed by atoms with Crippen molar-refractivity contribution < 1.29 is 14.6 Å². The second kappa shape index (κ2) is 5.89. The Labute approximate surface area is 115 Å². The van der Waals surface area contributed by atoms with E-state index in [4.69, 9.17) is 10.00 Å². The average Bonchev–Trinajstić information content (AvgIpc) is 2.81. The van der Waals surface area contributed by atoms with E-state index in [-0.39, 0.29) is 24.7 Å². The van der Waals surface area contributed by atoms with E-state index in [0.29, 0.717) is 5.56 Å². The predicted molar refractivity (Wildman–Crippen MR) is 70.1 cm³/mol. The van der Waals surface area contributed by atoms with Crippen molar-refractivity contribution in [3.05, 3.63) is 47.2 Å². The molecule has 6 nitrogen and oxygen atoms in total. The molecule has 0 saturated carbocycles. The lowest BCUT2D eigenvalue weighted by Crippen LogP contribution is -2.08. The van der Waals surface area contributed by atoms with Gasteiger partial charge in [0, 0.05) is 6.07 Å². The minimum Gasteiger partial charge on any atom is -0.493 e. The van der Waals surface area contributed by atoms with Gasteiger partial charge in [-0.05, 0) is 24.6 Å². The van der Waals surface area contributed by atoms with Crippen molar-refractivity contribution in [1.82, 2.24) is 9.78 Å². The summed E-state index contributed by atoms with van der Waals surface area (Å²) in [6.07, 6.45) is 0. The Bertz CT molecular complexity index is 671. The molecule has 0 radical (unpaired) electrons. The van der Waals surface area contributed by atoms with E-state index in [1.54, 1.807) is 25.1 Å². The van der Waals surface area contributed by atoms with Gasteiger partial charge in [-0.15, -0.1) is 0 Å². The van der Waals surface area contributed by atoms with Crippen LogP contribution in [0.15, 0.2) is 30.3 Å². The van der Waals surface area contributed by atoms with Crippen LogP contribution in [-0.4, -0.2) is 27.5 Å². The van der Waals surface area contributed by atoms with E-state index in [1.807, 2.05) is 12.1 Å². The topological polar surface area (TPSA) is 88.1 Å². The van der Waals surface area contributed by atoms with Crippen LogP contribution in [-0.2, 0) is 11.3 Å². The molecule has 0 spiro atoms. The van der Waals surface area contributed by atoms with E-state index in [1.165, 1.54) is 10.7 Å². The first-order chi connectivity index (χ1) is 9.63. The lowest BCUT2D eigenvalue weighted by Gasteiger charge is -2.03. The number of esters is 1. The van der Waals surface area contributed by atoms with Crippen LogP contribution >= 0.6 is 0 Å². The SMILES string of the molecule is CCOC(=O)c1cc(O)n(Cc2cccc(C#N)c2)n1. The summed E-state index contributed by atoms with van der Waals surface area (Å²) in [5.41, 5.74) is 1.39. The Morgan fingerprint density at radius 1 is 1.50 bits per heavy atom. The van der Waals surface area contributed by atoms with Crippen LogP contribution in [0.4, 0.5) is 0 Å². The van der Waals surface area contributed by atoms with Crippen molar-refractivity contribution in [2.45, 2.75) is 13.5 Å². The summed E-state index contributed by atoms with van der Waals surface area (Å²) in [4.78, 5) is 11.5. The molecule has 6 heteroatoms. The average molecular weight is 271 g/mol. The molecule has 0 fully saturated rings. The standard InChI is InChI=1S/C14H13N3O3/c1-2-20-14(19)12-7-13(18)17(16-12)9-11-5-3-4-10(6-11)8-15/h3-7,18H,2,9H2,1H3. The summed E-state index contributed by atoms with van der Waals surface area (Å²) in [5, 5.41) is 22.6.